The molecule has 0 aliphatic heterocycles. The van der Waals surface area contributed by atoms with Gasteiger partial charge in [-0.05, 0) is 17.5 Å². The van der Waals surface area contributed by atoms with Crippen molar-refractivity contribution in [1.82, 2.24) is 19.9 Å². The molecule has 0 radical (unpaired) electrons. The summed E-state index contributed by atoms with van der Waals surface area (Å²) in [5, 5.41) is 0. The number of nitrogens with one attached hydrogen (secondary N) is 1. The van der Waals surface area contributed by atoms with E-state index in [1.54, 1.807) is 6.33 Å². The molecule has 0 unspecified atom stereocenters. The minimum Gasteiger partial charge on any atom is -0.437 e. The Morgan fingerprint density at radius 3 is 2.80 bits per heavy atom. The number of nitrogens with zero attached hydrogens (tertiary/aromatic N) is 3. The number of aromatic nitrogens is 4. The van der Waals surface area contributed by atoms with E-state index in [-0.39, 0.29) is 5.95 Å². The Kier molecular flexibility index (Phi) is 2.98. The second-order valence-electron chi connectivity index (χ2n) is 4.78. The molecular formula is C14H15N5O. The molecule has 0 aliphatic rings. The summed E-state index contributed by atoms with van der Waals surface area (Å²) >= 11 is 0. The maximum atomic E-state index is 5.92. The Morgan fingerprint density at radius 2 is 2.00 bits per heavy atom. The molecule has 3 N–H and O–H groups in total. The van der Waals surface area contributed by atoms with Gasteiger partial charge < -0.3 is 15.5 Å². The molecule has 3 aromatic rings. The van der Waals surface area contributed by atoms with Gasteiger partial charge in [-0.25, -0.2) is 4.98 Å². The van der Waals surface area contributed by atoms with Crippen LogP contribution in [0.15, 0.2) is 30.6 Å². The number of aromatic amines is 1. The van der Waals surface area contributed by atoms with Crippen molar-refractivity contribution in [2.75, 3.05) is 5.73 Å². The molecule has 0 amide bonds. The molecule has 6 nitrogen and oxygen atoms in total. The van der Waals surface area contributed by atoms with Gasteiger partial charge in [-0.2, -0.15) is 9.97 Å². The number of para-hydroxylation sites is 1. The van der Waals surface area contributed by atoms with Crippen LogP contribution in [0.2, 0.25) is 0 Å². The highest BCUT2D eigenvalue weighted by molar-refractivity contribution is 5.77. The average Bonchev–Trinajstić information content (AvgIpc) is 2.87. The molecule has 6 heteroatoms. The van der Waals surface area contributed by atoms with E-state index >= 15 is 0 Å². The van der Waals surface area contributed by atoms with Gasteiger partial charge in [0.1, 0.15) is 11.3 Å². The summed E-state index contributed by atoms with van der Waals surface area (Å²) in [7, 11) is 0. The van der Waals surface area contributed by atoms with Crippen LogP contribution in [0, 0.1) is 0 Å². The smallest absolute Gasteiger partial charge is 0.250 e. The first-order valence-corrected chi connectivity index (χ1v) is 6.38. The number of benzene rings is 1. The number of nitrogens with two attached hydrogens (primary N) is 1. The van der Waals surface area contributed by atoms with Crippen LogP contribution in [0.1, 0.15) is 25.3 Å². The summed E-state index contributed by atoms with van der Waals surface area (Å²) in [6, 6.07) is 7.86. The van der Waals surface area contributed by atoms with Gasteiger partial charge in [0.15, 0.2) is 5.65 Å². The number of nitrogen functional groups attached to an aromatic ring is 1. The number of hydrogen-bond acceptors (Lipinski definition) is 5. The molecule has 2 aromatic heterocycles. The second-order valence-corrected chi connectivity index (χ2v) is 4.78. The first-order chi connectivity index (χ1) is 9.65. The molecule has 0 spiro atoms. The highest BCUT2D eigenvalue weighted by Gasteiger charge is 2.13. The van der Waals surface area contributed by atoms with E-state index in [0.29, 0.717) is 23.0 Å². The SMILES string of the molecule is CC(C)c1ccccc1Oc1nc(N)nc2nc[nH]c12. The van der Waals surface area contributed by atoms with Crippen LogP contribution < -0.4 is 10.5 Å². The van der Waals surface area contributed by atoms with Crippen molar-refractivity contribution in [2.24, 2.45) is 0 Å². The number of hydrogen-bond donors (Lipinski definition) is 2. The molecule has 3 rings (SSSR count). The van der Waals surface area contributed by atoms with Gasteiger partial charge in [0.05, 0.1) is 6.33 Å². The molecule has 1 aromatic carbocycles. The molecule has 2 heterocycles. The third kappa shape index (κ3) is 2.16. The lowest BCUT2D eigenvalue weighted by Crippen LogP contribution is -2.00. The molecule has 0 saturated carbocycles. The van der Waals surface area contributed by atoms with Crippen LogP contribution in [0.4, 0.5) is 5.95 Å². The summed E-state index contributed by atoms with van der Waals surface area (Å²) in [4.78, 5) is 15.2. The van der Waals surface area contributed by atoms with Gasteiger partial charge in [0.25, 0.3) is 5.88 Å². The Bertz CT molecular complexity index is 750. The lowest BCUT2D eigenvalue weighted by molar-refractivity contribution is 0.459. The van der Waals surface area contributed by atoms with Crippen LogP contribution in [0.25, 0.3) is 11.2 Å². The summed E-state index contributed by atoms with van der Waals surface area (Å²) < 4.78 is 5.92. The second kappa shape index (κ2) is 4.80. The van der Waals surface area contributed by atoms with Gasteiger partial charge >= 0.3 is 0 Å². The number of H-pyrrole nitrogens is 1. The van der Waals surface area contributed by atoms with Gasteiger partial charge in [-0.3, -0.25) is 0 Å². The average molecular weight is 269 g/mol. The Balaban J connectivity index is 2.08. The number of rotatable bonds is 3. The van der Waals surface area contributed by atoms with Crippen LogP contribution >= 0.6 is 0 Å². The molecule has 102 valence electrons. The summed E-state index contributed by atoms with van der Waals surface area (Å²) in [6.45, 7) is 4.23. The molecule has 0 saturated heterocycles. The van der Waals surface area contributed by atoms with Gasteiger partial charge in [0, 0.05) is 0 Å². The topological polar surface area (TPSA) is 89.7 Å². The van der Waals surface area contributed by atoms with E-state index in [1.807, 2.05) is 24.3 Å². The lowest BCUT2D eigenvalue weighted by atomic mass is 10.0. The van der Waals surface area contributed by atoms with Crippen LogP contribution in [-0.4, -0.2) is 19.9 Å². The fourth-order valence-corrected chi connectivity index (χ4v) is 2.05. The summed E-state index contributed by atoms with van der Waals surface area (Å²) in [5.74, 6) is 1.64. The number of anilines is 1. The van der Waals surface area contributed by atoms with Crippen molar-refractivity contribution in [3.63, 3.8) is 0 Å². The molecule has 0 atom stereocenters. The maximum Gasteiger partial charge on any atom is 0.250 e. The van der Waals surface area contributed by atoms with Gasteiger partial charge in [-0.1, -0.05) is 32.0 Å². The zero-order chi connectivity index (χ0) is 14.1. The Labute approximate surface area is 116 Å². The molecule has 0 fully saturated rings. The van der Waals surface area contributed by atoms with E-state index in [9.17, 15) is 0 Å². The van der Waals surface area contributed by atoms with Crippen molar-refractivity contribution in [1.29, 1.82) is 0 Å². The van der Waals surface area contributed by atoms with Crippen LogP contribution in [0.5, 0.6) is 11.6 Å². The molecule has 0 bridgehead atoms. The first-order valence-electron chi connectivity index (χ1n) is 6.38. The largest absolute Gasteiger partial charge is 0.437 e. The number of imidazole rings is 1. The highest BCUT2D eigenvalue weighted by atomic mass is 16.5. The third-order valence-electron chi connectivity index (χ3n) is 3.02. The zero-order valence-electron chi connectivity index (χ0n) is 11.3. The highest BCUT2D eigenvalue weighted by Crippen LogP contribution is 2.31. The molecule has 0 aliphatic carbocycles. The minimum atomic E-state index is 0.140. The van der Waals surface area contributed by atoms with Crippen molar-refractivity contribution in [3.05, 3.63) is 36.2 Å². The van der Waals surface area contributed by atoms with Crippen molar-refractivity contribution in [2.45, 2.75) is 19.8 Å². The van der Waals surface area contributed by atoms with Crippen molar-refractivity contribution < 1.29 is 4.74 Å². The van der Waals surface area contributed by atoms with E-state index < -0.39 is 0 Å². The maximum absolute atomic E-state index is 5.92. The van der Waals surface area contributed by atoms with Crippen LogP contribution in [-0.2, 0) is 0 Å². The van der Waals surface area contributed by atoms with E-state index in [2.05, 4.69) is 33.8 Å². The predicted molar refractivity (Wildman–Crippen MR) is 76.7 cm³/mol. The predicted octanol–water partition coefficient (Wildman–Crippen LogP) is 2.85. The standard InChI is InChI=1S/C14H15N5O/c1-8(2)9-5-3-4-6-10(9)20-13-11-12(17-7-16-11)18-14(15)19-13/h3-8H,1-2H3,(H3,15,16,17,18,19). The number of fused-ring (bicyclic) bond motifs is 1. The Hall–Kier alpha value is -2.63. The number of ether oxygens (including phenoxy) is 1. The van der Waals surface area contributed by atoms with Crippen molar-refractivity contribution in [3.8, 4) is 11.6 Å². The monoisotopic (exact) mass is 269 g/mol. The van der Waals surface area contributed by atoms with E-state index in [1.165, 1.54) is 0 Å². The fraction of sp³-hybridized carbons (Fsp3) is 0.214. The van der Waals surface area contributed by atoms with Gasteiger partial charge in [-0.15, -0.1) is 0 Å². The zero-order valence-corrected chi connectivity index (χ0v) is 11.3. The third-order valence-corrected chi connectivity index (χ3v) is 3.02. The Morgan fingerprint density at radius 1 is 1.20 bits per heavy atom. The molecular weight excluding hydrogens is 254 g/mol. The summed E-state index contributed by atoms with van der Waals surface area (Å²) in [6.07, 6.45) is 1.54. The fourth-order valence-electron chi connectivity index (χ4n) is 2.05. The van der Waals surface area contributed by atoms with E-state index in [0.717, 1.165) is 11.3 Å². The van der Waals surface area contributed by atoms with E-state index in [4.69, 9.17) is 10.5 Å². The first kappa shape index (κ1) is 12.4. The quantitative estimate of drug-likeness (QED) is 0.763. The van der Waals surface area contributed by atoms with Crippen molar-refractivity contribution >= 4 is 17.1 Å². The minimum absolute atomic E-state index is 0.140. The summed E-state index contributed by atoms with van der Waals surface area (Å²) in [5.41, 5.74) is 7.92. The van der Waals surface area contributed by atoms with Gasteiger partial charge in [0.2, 0.25) is 5.95 Å². The normalized spacial score (nSPS) is 11.2. The van der Waals surface area contributed by atoms with Crippen LogP contribution in [0.3, 0.4) is 0 Å². The molecule has 20 heavy (non-hydrogen) atoms. The lowest BCUT2D eigenvalue weighted by Gasteiger charge is -2.13.